The number of rotatable bonds is 8. The molecule has 0 atom stereocenters. The number of carbonyl (C=O) groups is 1. The van der Waals surface area contributed by atoms with Crippen LogP contribution in [-0.2, 0) is 11.3 Å². The molecular formula is C14H20Br2N2O3. The van der Waals surface area contributed by atoms with E-state index >= 15 is 0 Å². The maximum atomic E-state index is 10.9. The summed E-state index contributed by atoms with van der Waals surface area (Å²) >= 11 is 7.01. The lowest BCUT2D eigenvalue weighted by atomic mass is 10.2. The van der Waals surface area contributed by atoms with E-state index in [0.717, 1.165) is 10.0 Å². The van der Waals surface area contributed by atoms with Crippen LogP contribution in [0.3, 0.4) is 0 Å². The van der Waals surface area contributed by atoms with Gasteiger partial charge in [0.2, 0.25) is 0 Å². The SMILES string of the molecule is CCOc1cc(CNC(C)C)c(Br)c(Br)c1OCC(N)=O. The minimum atomic E-state index is -0.536. The lowest BCUT2D eigenvalue weighted by Gasteiger charge is -2.17. The second kappa shape index (κ2) is 8.60. The van der Waals surface area contributed by atoms with Crippen LogP contribution in [0.15, 0.2) is 15.0 Å². The Morgan fingerprint density at radius 1 is 1.33 bits per heavy atom. The molecule has 1 aromatic rings. The Morgan fingerprint density at radius 3 is 2.52 bits per heavy atom. The van der Waals surface area contributed by atoms with E-state index in [0.29, 0.717) is 35.2 Å². The zero-order chi connectivity index (χ0) is 16.0. The van der Waals surface area contributed by atoms with E-state index in [1.165, 1.54) is 0 Å². The number of primary amides is 1. The van der Waals surface area contributed by atoms with Gasteiger partial charge in [-0.3, -0.25) is 4.79 Å². The fraction of sp³-hybridized carbons (Fsp3) is 0.500. The zero-order valence-electron chi connectivity index (χ0n) is 12.3. The van der Waals surface area contributed by atoms with E-state index in [4.69, 9.17) is 15.2 Å². The summed E-state index contributed by atoms with van der Waals surface area (Å²) in [5, 5.41) is 3.35. The van der Waals surface area contributed by atoms with Gasteiger partial charge >= 0.3 is 0 Å². The average Bonchev–Trinajstić information content (AvgIpc) is 2.40. The summed E-state index contributed by atoms with van der Waals surface area (Å²) in [5.41, 5.74) is 6.15. The van der Waals surface area contributed by atoms with Crippen molar-refractivity contribution in [1.29, 1.82) is 0 Å². The fourth-order valence-electron chi connectivity index (χ4n) is 1.62. The molecular weight excluding hydrogens is 404 g/mol. The molecule has 0 saturated heterocycles. The molecule has 0 aliphatic carbocycles. The number of nitrogens with one attached hydrogen (secondary N) is 1. The molecule has 0 bridgehead atoms. The molecule has 1 rings (SSSR count). The van der Waals surface area contributed by atoms with Gasteiger partial charge in [0, 0.05) is 17.1 Å². The first-order valence-corrected chi connectivity index (χ1v) is 8.23. The molecule has 118 valence electrons. The van der Waals surface area contributed by atoms with Crippen LogP contribution < -0.4 is 20.5 Å². The monoisotopic (exact) mass is 422 g/mol. The van der Waals surface area contributed by atoms with Crippen molar-refractivity contribution in [3.8, 4) is 11.5 Å². The van der Waals surface area contributed by atoms with Crippen molar-refractivity contribution >= 4 is 37.8 Å². The lowest BCUT2D eigenvalue weighted by molar-refractivity contribution is -0.119. The van der Waals surface area contributed by atoms with Crippen molar-refractivity contribution in [3.05, 3.63) is 20.6 Å². The molecule has 0 radical (unpaired) electrons. The molecule has 3 N–H and O–H groups in total. The number of hydrogen-bond donors (Lipinski definition) is 2. The first-order chi connectivity index (χ1) is 9.86. The Kier molecular flexibility index (Phi) is 7.48. The maximum Gasteiger partial charge on any atom is 0.255 e. The minimum absolute atomic E-state index is 0.200. The Hall–Kier alpha value is -0.790. The molecule has 0 fully saturated rings. The first-order valence-electron chi connectivity index (χ1n) is 6.64. The van der Waals surface area contributed by atoms with Crippen molar-refractivity contribution in [2.45, 2.75) is 33.4 Å². The molecule has 1 amide bonds. The van der Waals surface area contributed by atoms with Crippen LogP contribution in [-0.4, -0.2) is 25.2 Å². The summed E-state index contributed by atoms with van der Waals surface area (Å²) in [4.78, 5) is 10.9. The number of carbonyl (C=O) groups excluding carboxylic acids is 1. The number of nitrogens with two attached hydrogens (primary N) is 1. The van der Waals surface area contributed by atoms with Crippen LogP contribution in [0.1, 0.15) is 26.3 Å². The summed E-state index contributed by atoms with van der Waals surface area (Å²) in [6.07, 6.45) is 0. The van der Waals surface area contributed by atoms with Gasteiger partial charge in [-0.05, 0) is 50.4 Å². The number of halogens is 2. The Bertz CT molecular complexity index is 507. The summed E-state index contributed by atoms with van der Waals surface area (Å²) < 4.78 is 12.6. The number of benzene rings is 1. The molecule has 5 nitrogen and oxygen atoms in total. The van der Waals surface area contributed by atoms with Crippen LogP contribution in [0, 0.1) is 0 Å². The highest BCUT2D eigenvalue weighted by atomic mass is 79.9. The zero-order valence-corrected chi connectivity index (χ0v) is 15.5. The summed E-state index contributed by atoms with van der Waals surface area (Å²) in [6, 6.07) is 2.27. The van der Waals surface area contributed by atoms with Gasteiger partial charge in [0.1, 0.15) is 0 Å². The van der Waals surface area contributed by atoms with E-state index in [9.17, 15) is 4.79 Å². The second-order valence-electron chi connectivity index (χ2n) is 4.71. The Labute approximate surface area is 141 Å². The molecule has 0 heterocycles. The first kappa shape index (κ1) is 18.3. The average molecular weight is 424 g/mol. The molecule has 21 heavy (non-hydrogen) atoms. The van der Waals surface area contributed by atoms with Crippen LogP contribution in [0.5, 0.6) is 11.5 Å². The van der Waals surface area contributed by atoms with Gasteiger partial charge in [0.25, 0.3) is 5.91 Å². The van der Waals surface area contributed by atoms with Crippen molar-refractivity contribution in [2.24, 2.45) is 5.73 Å². The summed E-state index contributed by atoms with van der Waals surface area (Å²) in [6.45, 7) is 7.03. The molecule has 1 aromatic carbocycles. The molecule has 0 aromatic heterocycles. The van der Waals surface area contributed by atoms with Crippen molar-refractivity contribution in [2.75, 3.05) is 13.2 Å². The fourth-order valence-corrected chi connectivity index (χ4v) is 2.62. The number of hydrogen-bond acceptors (Lipinski definition) is 4. The second-order valence-corrected chi connectivity index (χ2v) is 6.30. The lowest BCUT2D eigenvalue weighted by Crippen LogP contribution is -2.22. The van der Waals surface area contributed by atoms with E-state index < -0.39 is 5.91 Å². The third-order valence-corrected chi connectivity index (χ3v) is 4.76. The molecule has 0 spiro atoms. The van der Waals surface area contributed by atoms with Crippen LogP contribution in [0.4, 0.5) is 0 Å². The molecule has 0 aliphatic rings. The maximum absolute atomic E-state index is 10.9. The van der Waals surface area contributed by atoms with E-state index in [-0.39, 0.29) is 6.61 Å². The topological polar surface area (TPSA) is 73.6 Å². The minimum Gasteiger partial charge on any atom is -0.490 e. The van der Waals surface area contributed by atoms with Crippen LogP contribution >= 0.6 is 31.9 Å². The van der Waals surface area contributed by atoms with E-state index in [1.54, 1.807) is 0 Å². The predicted molar refractivity (Wildman–Crippen MR) is 89.7 cm³/mol. The molecule has 0 aliphatic heterocycles. The third kappa shape index (κ3) is 5.48. The molecule has 0 saturated carbocycles. The van der Waals surface area contributed by atoms with Gasteiger partial charge < -0.3 is 20.5 Å². The number of ether oxygens (including phenoxy) is 2. The quantitative estimate of drug-likeness (QED) is 0.674. The van der Waals surface area contributed by atoms with Crippen molar-refractivity contribution < 1.29 is 14.3 Å². The Morgan fingerprint density at radius 2 is 2.00 bits per heavy atom. The van der Waals surface area contributed by atoms with E-state index in [1.807, 2.05) is 13.0 Å². The number of amides is 1. The standard InChI is InChI=1S/C14H20Br2N2O3/c1-4-20-10-5-9(6-18-8(2)3)12(15)13(16)14(10)21-7-11(17)19/h5,8,18H,4,6-7H2,1-3H3,(H2,17,19). The highest BCUT2D eigenvalue weighted by molar-refractivity contribution is 9.13. The van der Waals surface area contributed by atoms with Crippen LogP contribution in [0.2, 0.25) is 0 Å². The van der Waals surface area contributed by atoms with Gasteiger partial charge in [-0.2, -0.15) is 0 Å². The summed E-state index contributed by atoms with van der Waals surface area (Å²) in [7, 11) is 0. The van der Waals surface area contributed by atoms with E-state index in [2.05, 4.69) is 51.0 Å². The largest absolute Gasteiger partial charge is 0.490 e. The Balaban J connectivity index is 3.12. The van der Waals surface area contributed by atoms with Gasteiger partial charge in [-0.1, -0.05) is 13.8 Å². The molecule has 0 unspecified atom stereocenters. The van der Waals surface area contributed by atoms with Gasteiger partial charge in [-0.25, -0.2) is 0 Å². The van der Waals surface area contributed by atoms with Crippen molar-refractivity contribution in [1.82, 2.24) is 5.32 Å². The smallest absolute Gasteiger partial charge is 0.255 e. The molecule has 7 heteroatoms. The highest BCUT2D eigenvalue weighted by Crippen LogP contribution is 2.42. The highest BCUT2D eigenvalue weighted by Gasteiger charge is 2.18. The third-order valence-electron chi connectivity index (χ3n) is 2.56. The predicted octanol–water partition coefficient (Wildman–Crippen LogP) is 2.97. The van der Waals surface area contributed by atoms with Gasteiger partial charge in [-0.15, -0.1) is 0 Å². The summed E-state index contributed by atoms with van der Waals surface area (Å²) in [5.74, 6) is 0.510. The van der Waals surface area contributed by atoms with Crippen LogP contribution in [0.25, 0.3) is 0 Å². The van der Waals surface area contributed by atoms with Gasteiger partial charge in [0.15, 0.2) is 18.1 Å². The van der Waals surface area contributed by atoms with Gasteiger partial charge in [0.05, 0.1) is 11.1 Å². The van der Waals surface area contributed by atoms with Crippen molar-refractivity contribution in [3.63, 3.8) is 0 Å². The normalized spacial score (nSPS) is 10.8.